The fourth-order valence-electron chi connectivity index (χ4n) is 4.25. The van der Waals surface area contributed by atoms with Crippen LogP contribution in [0.1, 0.15) is 35.5 Å². The van der Waals surface area contributed by atoms with Gasteiger partial charge in [-0.25, -0.2) is 0 Å². The molecule has 0 saturated carbocycles. The van der Waals surface area contributed by atoms with Gasteiger partial charge in [-0.15, -0.1) is 0 Å². The van der Waals surface area contributed by atoms with Gasteiger partial charge in [-0.3, -0.25) is 0 Å². The minimum atomic E-state index is -0.212. The standard InChI is InChI=1S/C28H26N4O2S/c1-18-12-14-22(15-13-18)26-30-27(34-31-26)24-19(2)32(17-20-8-7-11-23(16-20)33-3)28(35)29-25(24)21-9-5-4-6-10-21/h4-16,25H,17H2,1-3H3,(H,29,35). The maximum Gasteiger partial charge on any atom is 0.258 e. The second-order valence-corrected chi connectivity index (χ2v) is 8.91. The Hall–Kier alpha value is -3.97. The van der Waals surface area contributed by atoms with Crippen molar-refractivity contribution in [2.75, 3.05) is 7.11 Å². The zero-order valence-corrected chi connectivity index (χ0v) is 20.7. The van der Waals surface area contributed by atoms with Gasteiger partial charge in [0.05, 0.1) is 25.3 Å². The number of hydrogen-bond acceptors (Lipinski definition) is 5. The van der Waals surface area contributed by atoms with Crippen molar-refractivity contribution in [3.8, 4) is 17.1 Å². The van der Waals surface area contributed by atoms with Gasteiger partial charge >= 0.3 is 0 Å². The molecule has 0 fully saturated rings. The highest BCUT2D eigenvalue weighted by Crippen LogP contribution is 2.38. The van der Waals surface area contributed by atoms with E-state index in [4.69, 9.17) is 26.5 Å². The number of nitrogens with zero attached hydrogens (tertiary/aromatic N) is 3. The van der Waals surface area contributed by atoms with E-state index >= 15 is 0 Å². The molecule has 1 atom stereocenters. The highest BCUT2D eigenvalue weighted by molar-refractivity contribution is 7.80. The van der Waals surface area contributed by atoms with Crippen molar-refractivity contribution in [1.82, 2.24) is 20.4 Å². The molecule has 0 radical (unpaired) electrons. The van der Waals surface area contributed by atoms with E-state index < -0.39 is 0 Å². The van der Waals surface area contributed by atoms with E-state index in [1.54, 1.807) is 7.11 Å². The topological polar surface area (TPSA) is 63.4 Å². The molecule has 1 N–H and O–H groups in total. The molecule has 5 rings (SSSR count). The molecular weight excluding hydrogens is 456 g/mol. The van der Waals surface area contributed by atoms with E-state index in [2.05, 4.69) is 40.5 Å². The van der Waals surface area contributed by atoms with Crippen LogP contribution in [0.5, 0.6) is 5.75 Å². The molecule has 1 aliphatic rings. The van der Waals surface area contributed by atoms with Crippen LogP contribution in [-0.2, 0) is 6.54 Å². The summed E-state index contributed by atoms with van der Waals surface area (Å²) in [6.45, 7) is 4.69. The number of nitrogens with one attached hydrogen (secondary N) is 1. The van der Waals surface area contributed by atoms with Gasteiger partial charge in [0.25, 0.3) is 5.89 Å². The summed E-state index contributed by atoms with van der Waals surface area (Å²) in [6.07, 6.45) is 0. The first-order valence-electron chi connectivity index (χ1n) is 11.4. The normalized spacial score (nSPS) is 15.8. The average Bonchev–Trinajstić information content (AvgIpc) is 3.37. The summed E-state index contributed by atoms with van der Waals surface area (Å²) in [5, 5.41) is 8.44. The van der Waals surface area contributed by atoms with Gasteiger partial charge in [0.2, 0.25) is 5.82 Å². The maximum atomic E-state index is 5.83. The first kappa shape index (κ1) is 22.8. The molecule has 6 nitrogen and oxygen atoms in total. The lowest BCUT2D eigenvalue weighted by Gasteiger charge is -2.37. The average molecular weight is 483 g/mol. The van der Waals surface area contributed by atoms with Crippen LogP contribution in [0, 0.1) is 6.92 Å². The summed E-state index contributed by atoms with van der Waals surface area (Å²) in [5.74, 6) is 1.83. The SMILES string of the molecule is COc1cccc(CN2C(=S)NC(c3ccccc3)C(c3nc(-c4ccc(C)cc4)no3)=C2C)c1. The van der Waals surface area contributed by atoms with Crippen molar-refractivity contribution in [1.29, 1.82) is 0 Å². The maximum absolute atomic E-state index is 5.83. The summed E-state index contributed by atoms with van der Waals surface area (Å²) in [4.78, 5) is 6.85. The van der Waals surface area contributed by atoms with Crippen molar-refractivity contribution in [3.63, 3.8) is 0 Å². The van der Waals surface area contributed by atoms with Crippen LogP contribution in [0.3, 0.4) is 0 Å². The number of ether oxygens (including phenoxy) is 1. The molecular formula is C28H26N4O2S. The molecule has 1 unspecified atom stereocenters. The second kappa shape index (κ2) is 9.72. The highest BCUT2D eigenvalue weighted by Gasteiger charge is 2.34. The van der Waals surface area contributed by atoms with E-state index in [9.17, 15) is 0 Å². The van der Waals surface area contributed by atoms with Crippen LogP contribution in [0.15, 0.2) is 89.1 Å². The van der Waals surface area contributed by atoms with Crippen LogP contribution >= 0.6 is 12.2 Å². The van der Waals surface area contributed by atoms with Crippen molar-refractivity contribution in [2.45, 2.75) is 26.4 Å². The molecule has 0 bridgehead atoms. The van der Waals surface area contributed by atoms with Crippen molar-refractivity contribution < 1.29 is 9.26 Å². The predicted molar refractivity (Wildman–Crippen MR) is 141 cm³/mol. The van der Waals surface area contributed by atoms with Gasteiger partial charge in [-0.05, 0) is 49.3 Å². The monoisotopic (exact) mass is 482 g/mol. The number of aryl methyl sites for hydroxylation is 1. The number of methoxy groups -OCH3 is 1. The van der Waals surface area contributed by atoms with Crippen LogP contribution in [-0.4, -0.2) is 27.3 Å². The lowest BCUT2D eigenvalue weighted by Crippen LogP contribution is -2.45. The van der Waals surface area contributed by atoms with E-state index in [-0.39, 0.29) is 6.04 Å². The molecule has 176 valence electrons. The molecule has 4 aromatic rings. The minimum absolute atomic E-state index is 0.212. The minimum Gasteiger partial charge on any atom is -0.497 e. The quantitative estimate of drug-likeness (QED) is 0.343. The molecule has 1 aliphatic heterocycles. The Labute approximate surface area is 210 Å². The Morgan fingerprint density at radius 1 is 1.00 bits per heavy atom. The number of aromatic nitrogens is 2. The van der Waals surface area contributed by atoms with Gasteiger partial charge in [-0.1, -0.05) is 77.5 Å². The van der Waals surface area contributed by atoms with Crippen molar-refractivity contribution in [3.05, 3.63) is 107 Å². The molecule has 3 aromatic carbocycles. The summed E-state index contributed by atoms with van der Waals surface area (Å²) in [6, 6.07) is 26.0. The first-order chi connectivity index (χ1) is 17.0. The van der Waals surface area contributed by atoms with Crippen LogP contribution in [0.4, 0.5) is 0 Å². The second-order valence-electron chi connectivity index (χ2n) is 8.52. The van der Waals surface area contributed by atoms with E-state index in [1.807, 2.05) is 67.6 Å². The van der Waals surface area contributed by atoms with Gasteiger partial charge in [0.1, 0.15) is 5.75 Å². The zero-order valence-electron chi connectivity index (χ0n) is 19.9. The number of thiocarbonyl (C=S) groups is 1. The van der Waals surface area contributed by atoms with Crippen LogP contribution in [0.25, 0.3) is 17.0 Å². The molecule has 35 heavy (non-hydrogen) atoms. The number of hydrogen-bond donors (Lipinski definition) is 1. The Morgan fingerprint density at radius 3 is 2.51 bits per heavy atom. The molecule has 0 spiro atoms. The Kier molecular flexibility index (Phi) is 6.33. The summed E-state index contributed by atoms with van der Waals surface area (Å²) < 4.78 is 11.2. The summed E-state index contributed by atoms with van der Waals surface area (Å²) in [5.41, 5.74) is 6.10. The number of rotatable bonds is 6. The lowest BCUT2D eigenvalue weighted by molar-refractivity contribution is 0.395. The van der Waals surface area contributed by atoms with Gasteiger partial charge in [0.15, 0.2) is 5.11 Å². The largest absolute Gasteiger partial charge is 0.497 e. The molecule has 1 aromatic heterocycles. The Bertz CT molecular complexity index is 1380. The first-order valence-corrected chi connectivity index (χ1v) is 11.8. The van der Waals surface area contributed by atoms with Gasteiger partial charge in [0, 0.05) is 11.3 Å². The number of benzene rings is 3. The predicted octanol–water partition coefficient (Wildman–Crippen LogP) is 5.92. The Morgan fingerprint density at radius 2 is 1.77 bits per heavy atom. The third-order valence-corrected chi connectivity index (χ3v) is 6.51. The molecule has 0 aliphatic carbocycles. The Balaban J connectivity index is 1.58. The van der Waals surface area contributed by atoms with Crippen LogP contribution < -0.4 is 10.1 Å². The third kappa shape index (κ3) is 4.68. The number of allylic oxidation sites excluding steroid dienone is 1. The zero-order chi connectivity index (χ0) is 24.4. The summed E-state index contributed by atoms with van der Waals surface area (Å²) in [7, 11) is 1.67. The fraction of sp³-hybridized carbons (Fsp3) is 0.179. The van der Waals surface area contributed by atoms with Crippen LogP contribution in [0.2, 0.25) is 0 Å². The van der Waals surface area contributed by atoms with E-state index in [0.717, 1.165) is 33.7 Å². The smallest absolute Gasteiger partial charge is 0.258 e. The highest BCUT2D eigenvalue weighted by atomic mass is 32.1. The molecule has 2 heterocycles. The summed E-state index contributed by atoms with van der Waals surface area (Å²) >= 11 is 5.82. The lowest BCUT2D eigenvalue weighted by atomic mass is 9.94. The third-order valence-electron chi connectivity index (χ3n) is 6.17. The molecule has 7 heteroatoms. The van der Waals surface area contributed by atoms with Crippen molar-refractivity contribution >= 4 is 22.9 Å². The van der Waals surface area contributed by atoms with Gasteiger partial charge < -0.3 is 19.5 Å². The molecule has 0 amide bonds. The van der Waals surface area contributed by atoms with E-state index in [1.165, 1.54) is 5.56 Å². The fourth-order valence-corrected chi connectivity index (χ4v) is 4.57. The molecule has 0 saturated heterocycles. The van der Waals surface area contributed by atoms with Crippen molar-refractivity contribution in [2.24, 2.45) is 0 Å². The van der Waals surface area contributed by atoms with Gasteiger partial charge in [-0.2, -0.15) is 4.98 Å². The van der Waals surface area contributed by atoms with E-state index in [0.29, 0.717) is 23.4 Å².